The second kappa shape index (κ2) is 7.51. The summed E-state index contributed by atoms with van der Waals surface area (Å²) >= 11 is 0. The van der Waals surface area contributed by atoms with Gasteiger partial charge in [-0.25, -0.2) is 0 Å². The van der Waals surface area contributed by atoms with Crippen LogP contribution in [0.25, 0.3) is 11.1 Å². The van der Waals surface area contributed by atoms with Gasteiger partial charge in [0.25, 0.3) is 0 Å². The van der Waals surface area contributed by atoms with E-state index in [-0.39, 0.29) is 0 Å². The maximum atomic E-state index is 5.68. The summed E-state index contributed by atoms with van der Waals surface area (Å²) in [5.74, 6) is 1.66. The van der Waals surface area contributed by atoms with Crippen LogP contribution < -0.4 is 9.47 Å². The Kier molecular flexibility index (Phi) is 5.42. The summed E-state index contributed by atoms with van der Waals surface area (Å²) in [6.07, 6.45) is 5.32. The lowest BCUT2D eigenvalue weighted by Crippen LogP contribution is -1.98. The second-order valence-electron chi connectivity index (χ2n) is 5.01. The molecule has 0 saturated carbocycles. The Morgan fingerprint density at radius 1 is 0.955 bits per heavy atom. The monoisotopic (exact) mass is 294 g/mol. The van der Waals surface area contributed by atoms with Crippen LogP contribution in [0.3, 0.4) is 0 Å². The molecule has 0 aliphatic heterocycles. The fourth-order valence-electron chi connectivity index (χ4n) is 2.63. The molecule has 0 saturated heterocycles. The van der Waals surface area contributed by atoms with Crippen molar-refractivity contribution in [2.24, 2.45) is 0 Å². The van der Waals surface area contributed by atoms with Crippen LogP contribution in [0.2, 0.25) is 0 Å². The molecule has 0 atom stereocenters. The minimum atomic E-state index is 0.701. The number of hydrogen-bond acceptors (Lipinski definition) is 2. The van der Waals surface area contributed by atoms with Crippen LogP contribution in [0.1, 0.15) is 11.1 Å². The lowest BCUT2D eigenvalue weighted by Gasteiger charge is -2.16. The third-order valence-corrected chi connectivity index (χ3v) is 3.61. The lowest BCUT2D eigenvalue weighted by atomic mass is 9.97. The number of benzene rings is 2. The Bertz CT molecular complexity index is 671. The molecule has 114 valence electrons. The summed E-state index contributed by atoms with van der Waals surface area (Å²) in [5, 5.41) is 0. The van der Waals surface area contributed by atoms with Gasteiger partial charge in [-0.15, -0.1) is 13.2 Å². The molecule has 2 aromatic rings. The summed E-state index contributed by atoms with van der Waals surface area (Å²) < 4.78 is 11.1. The average molecular weight is 294 g/mol. The summed E-state index contributed by atoms with van der Waals surface area (Å²) in [6, 6.07) is 12.4. The van der Waals surface area contributed by atoms with E-state index in [9.17, 15) is 0 Å². The highest BCUT2D eigenvalue weighted by molar-refractivity contribution is 5.74. The largest absolute Gasteiger partial charge is 0.496 e. The van der Waals surface area contributed by atoms with Crippen LogP contribution in [0.5, 0.6) is 11.5 Å². The van der Waals surface area contributed by atoms with Gasteiger partial charge in [-0.05, 0) is 36.1 Å². The molecule has 2 heteroatoms. The summed E-state index contributed by atoms with van der Waals surface area (Å²) in [5.41, 5.74) is 4.44. The fourth-order valence-corrected chi connectivity index (χ4v) is 2.63. The number of allylic oxidation sites excluding steroid dienone is 2. The van der Waals surface area contributed by atoms with E-state index in [1.54, 1.807) is 14.2 Å². The number of hydrogen-bond donors (Lipinski definition) is 0. The molecule has 0 radical (unpaired) electrons. The van der Waals surface area contributed by atoms with Gasteiger partial charge in [-0.1, -0.05) is 36.4 Å². The first-order chi connectivity index (χ1) is 10.7. The zero-order chi connectivity index (χ0) is 15.9. The van der Waals surface area contributed by atoms with Gasteiger partial charge < -0.3 is 9.47 Å². The van der Waals surface area contributed by atoms with E-state index < -0.39 is 0 Å². The minimum Gasteiger partial charge on any atom is -0.496 e. The van der Waals surface area contributed by atoms with Gasteiger partial charge in [0.05, 0.1) is 14.2 Å². The predicted octanol–water partition coefficient (Wildman–Crippen LogP) is 4.83. The molecule has 0 unspecified atom stereocenters. The first-order valence-electron chi connectivity index (χ1n) is 7.30. The van der Waals surface area contributed by atoms with Crippen molar-refractivity contribution in [3.8, 4) is 22.6 Å². The first-order valence-corrected chi connectivity index (χ1v) is 7.30. The lowest BCUT2D eigenvalue weighted by molar-refractivity contribution is 0.388. The summed E-state index contributed by atoms with van der Waals surface area (Å²) in [4.78, 5) is 0. The molecule has 22 heavy (non-hydrogen) atoms. The number of methoxy groups -OCH3 is 2. The normalized spacial score (nSPS) is 10.1. The Morgan fingerprint density at radius 2 is 1.73 bits per heavy atom. The van der Waals surface area contributed by atoms with Crippen molar-refractivity contribution >= 4 is 0 Å². The van der Waals surface area contributed by atoms with Crippen LogP contribution in [-0.4, -0.2) is 14.2 Å². The fraction of sp³-hybridized carbons (Fsp3) is 0.200. The molecule has 0 N–H and O–H groups in total. The van der Waals surface area contributed by atoms with Gasteiger partial charge in [0, 0.05) is 11.1 Å². The highest BCUT2D eigenvalue weighted by Gasteiger charge is 2.15. The van der Waals surface area contributed by atoms with Crippen molar-refractivity contribution in [3.63, 3.8) is 0 Å². The van der Waals surface area contributed by atoms with Gasteiger partial charge >= 0.3 is 0 Å². The Balaban J connectivity index is 2.59. The molecule has 0 heterocycles. The third-order valence-electron chi connectivity index (χ3n) is 3.61. The van der Waals surface area contributed by atoms with E-state index in [0.717, 1.165) is 34.6 Å². The van der Waals surface area contributed by atoms with Gasteiger partial charge in [0.15, 0.2) is 0 Å². The van der Waals surface area contributed by atoms with E-state index in [0.29, 0.717) is 6.42 Å². The quantitative estimate of drug-likeness (QED) is 0.681. The molecule has 2 aromatic carbocycles. The van der Waals surface area contributed by atoms with Crippen LogP contribution in [0, 0.1) is 0 Å². The summed E-state index contributed by atoms with van der Waals surface area (Å²) in [6.45, 7) is 7.63. The van der Waals surface area contributed by atoms with Crippen molar-refractivity contribution in [2.75, 3.05) is 14.2 Å². The molecule has 0 aliphatic rings. The van der Waals surface area contributed by atoms with E-state index >= 15 is 0 Å². The molecule has 0 aromatic heterocycles. The maximum Gasteiger partial charge on any atom is 0.133 e. The van der Waals surface area contributed by atoms with Crippen LogP contribution in [0.15, 0.2) is 61.7 Å². The van der Waals surface area contributed by atoms with Gasteiger partial charge in [0.1, 0.15) is 11.5 Å². The predicted molar refractivity (Wildman–Crippen MR) is 92.8 cm³/mol. The van der Waals surface area contributed by atoms with Gasteiger partial charge in [-0.3, -0.25) is 0 Å². The van der Waals surface area contributed by atoms with E-state index in [2.05, 4.69) is 37.4 Å². The molecule has 0 aliphatic carbocycles. The first kappa shape index (κ1) is 15.9. The Morgan fingerprint density at radius 3 is 2.36 bits per heavy atom. The van der Waals surface area contributed by atoms with E-state index in [1.807, 2.05) is 24.3 Å². The van der Waals surface area contributed by atoms with Crippen LogP contribution in [0.4, 0.5) is 0 Å². The molecule has 2 nitrogen and oxygen atoms in total. The Labute approximate surface area is 132 Å². The minimum absolute atomic E-state index is 0.701. The van der Waals surface area contributed by atoms with E-state index in [4.69, 9.17) is 9.47 Å². The Hall–Kier alpha value is -2.48. The molecule has 2 rings (SSSR count). The second-order valence-corrected chi connectivity index (χ2v) is 5.01. The molecule has 0 amide bonds. The SMILES string of the molecule is C=CCc1cccc(-c2ccc(OC)c(CC=C)c2OC)c1. The molecule has 0 fully saturated rings. The zero-order valence-electron chi connectivity index (χ0n) is 13.3. The zero-order valence-corrected chi connectivity index (χ0v) is 13.3. The van der Waals surface area contributed by atoms with Crippen molar-refractivity contribution in [1.29, 1.82) is 0 Å². The van der Waals surface area contributed by atoms with Crippen molar-refractivity contribution < 1.29 is 9.47 Å². The number of ether oxygens (including phenoxy) is 2. The topological polar surface area (TPSA) is 18.5 Å². The third kappa shape index (κ3) is 3.22. The van der Waals surface area contributed by atoms with Crippen molar-refractivity contribution in [1.82, 2.24) is 0 Å². The van der Waals surface area contributed by atoms with Crippen molar-refractivity contribution in [2.45, 2.75) is 12.8 Å². The molecule has 0 spiro atoms. The standard InChI is InChI=1S/C20H22O2/c1-5-8-15-10-7-11-16(14-15)17-12-13-19(21-3)18(9-6-2)20(17)22-4/h5-7,10-14H,1-2,8-9H2,3-4H3. The average Bonchev–Trinajstić information content (AvgIpc) is 2.55. The van der Waals surface area contributed by atoms with Gasteiger partial charge in [-0.2, -0.15) is 0 Å². The van der Waals surface area contributed by atoms with E-state index in [1.165, 1.54) is 5.56 Å². The van der Waals surface area contributed by atoms with Crippen LogP contribution in [-0.2, 0) is 12.8 Å². The highest BCUT2D eigenvalue weighted by Crippen LogP contribution is 2.39. The van der Waals surface area contributed by atoms with Crippen LogP contribution >= 0.6 is 0 Å². The smallest absolute Gasteiger partial charge is 0.133 e. The van der Waals surface area contributed by atoms with Gasteiger partial charge in [0.2, 0.25) is 0 Å². The molecule has 0 bridgehead atoms. The highest BCUT2D eigenvalue weighted by atomic mass is 16.5. The summed E-state index contributed by atoms with van der Waals surface area (Å²) in [7, 11) is 3.37. The molecular formula is C20H22O2. The van der Waals surface area contributed by atoms with Crippen molar-refractivity contribution in [3.05, 3.63) is 72.8 Å². The maximum absolute atomic E-state index is 5.68. The number of rotatable bonds is 7. The molecular weight excluding hydrogens is 272 g/mol.